The molecule has 1 atom stereocenters. The Morgan fingerprint density at radius 1 is 0.761 bits per heavy atom. The Bertz CT molecular complexity index is 1720. The van der Waals surface area contributed by atoms with Crippen molar-refractivity contribution in [3.63, 3.8) is 0 Å². The van der Waals surface area contributed by atoms with E-state index in [1.807, 2.05) is 41.4 Å². The van der Waals surface area contributed by atoms with Gasteiger partial charge >= 0.3 is 0 Å². The lowest BCUT2D eigenvalue weighted by molar-refractivity contribution is -0.161. The molecule has 2 N–H and O–H groups in total. The van der Waals surface area contributed by atoms with Crippen LogP contribution in [0.4, 0.5) is 0 Å². The molecule has 0 radical (unpaired) electrons. The summed E-state index contributed by atoms with van der Waals surface area (Å²) in [7, 11) is 0. The minimum absolute atomic E-state index is 0.0132. The predicted octanol–water partition coefficient (Wildman–Crippen LogP) is 6.34. The first-order valence-corrected chi connectivity index (χ1v) is 16.6. The van der Waals surface area contributed by atoms with Crippen LogP contribution in [-0.2, 0) is 22.4 Å². The normalized spacial score (nSPS) is 18.4. The van der Waals surface area contributed by atoms with E-state index in [1.165, 1.54) is 5.56 Å². The zero-order valence-electron chi connectivity index (χ0n) is 26.3. The van der Waals surface area contributed by atoms with Gasteiger partial charge in [0, 0.05) is 49.1 Å². The van der Waals surface area contributed by atoms with E-state index < -0.39 is 11.6 Å². The molecule has 6 heteroatoms. The third kappa shape index (κ3) is 6.10. The maximum Gasteiger partial charge on any atom is 0.246 e. The van der Waals surface area contributed by atoms with Gasteiger partial charge in [-0.1, -0.05) is 109 Å². The van der Waals surface area contributed by atoms with E-state index in [2.05, 4.69) is 100 Å². The van der Waals surface area contributed by atoms with Crippen LogP contribution in [-0.4, -0.2) is 64.4 Å². The van der Waals surface area contributed by atoms with Gasteiger partial charge in [-0.25, -0.2) is 0 Å². The van der Waals surface area contributed by atoms with Crippen molar-refractivity contribution in [1.29, 1.82) is 0 Å². The molecular formula is C40H42N4O2. The molecule has 1 spiro atoms. The molecule has 6 nitrogen and oxygen atoms in total. The Labute approximate surface area is 271 Å². The van der Waals surface area contributed by atoms with Gasteiger partial charge in [0.15, 0.2) is 0 Å². The third-order valence-electron chi connectivity index (χ3n) is 10.1. The second kappa shape index (κ2) is 13.4. The van der Waals surface area contributed by atoms with Crippen LogP contribution in [0.2, 0.25) is 0 Å². The average molecular weight is 611 g/mol. The van der Waals surface area contributed by atoms with E-state index in [9.17, 15) is 9.59 Å². The largest absolute Gasteiger partial charge is 0.361 e. The highest BCUT2D eigenvalue weighted by atomic mass is 16.2. The molecule has 0 saturated carbocycles. The number of aromatic amines is 1. The van der Waals surface area contributed by atoms with Gasteiger partial charge in [-0.05, 0) is 60.5 Å². The average Bonchev–Trinajstić information content (AvgIpc) is 3.52. The fourth-order valence-corrected chi connectivity index (χ4v) is 7.55. The second-order valence-electron chi connectivity index (χ2n) is 12.9. The number of piperidine rings is 1. The molecule has 5 aromatic rings. The number of carbonyl (C=O) groups excluding carboxylic acids is 2. The quantitative estimate of drug-likeness (QED) is 0.194. The smallest absolute Gasteiger partial charge is 0.246 e. The zero-order chi connectivity index (χ0) is 31.3. The van der Waals surface area contributed by atoms with Gasteiger partial charge in [0.05, 0.1) is 0 Å². The van der Waals surface area contributed by atoms with E-state index in [4.69, 9.17) is 0 Å². The first kappa shape index (κ1) is 30.0. The second-order valence-corrected chi connectivity index (χ2v) is 12.9. The number of benzene rings is 4. The monoisotopic (exact) mass is 610 g/mol. The highest BCUT2D eigenvalue weighted by molar-refractivity contribution is 6.00. The summed E-state index contributed by atoms with van der Waals surface area (Å²) in [5, 5.41) is 4.32. The summed E-state index contributed by atoms with van der Waals surface area (Å²) in [4.78, 5) is 36.8. The number of aromatic nitrogens is 1. The molecule has 234 valence electrons. The van der Waals surface area contributed by atoms with E-state index >= 15 is 0 Å². The van der Waals surface area contributed by atoms with Crippen LogP contribution < -0.4 is 5.32 Å². The number of H-pyrrole nitrogens is 1. The number of likely N-dealkylation sites (tertiary alicyclic amines) is 1. The molecule has 1 unspecified atom stereocenters. The summed E-state index contributed by atoms with van der Waals surface area (Å²) in [6, 6.07) is 38.9. The van der Waals surface area contributed by atoms with E-state index in [-0.39, 0.29) is 17.7 Å². The van der Waals surface area contributed by atoms with Crippen molar-refractivity contribution in [3.8, 4) is 0 Å². The molecule has 7 rings (SSSR count). The highest BCUT2D eigenvalue weighted by Crippen LogP contribution is 2.37. The molecule has 2 aliphatic rings. The lowest BCUT2D eigenvalue weighted by atomic mass is 9.79. The SMILES string of the molecule is O=C1C(Cc2c[nH]c3ccccc23)NC(=O)C2(CCN(CCCc3ccccc3)CC2)N1CC(c1ccccc1)c1ccccc1. The highest BCUT2D eigenvalue weighted by Gasteiger charge is 2.54. The number of fused-ring (bicyclic) bond motifs is 1. The van der Waals surface area contributed by atoms with E-state index in [1.54, 1.807) is 0 Å². The Hall–Kier alpha value is -4.68. The van der Waals surface area contributed by atoms with E-state index in [0.717, 1.165) is 60.1 Å². The van der Waals surface area contributed by atoms with Crippen molar-refractivity contribution < 1.29 is 9.59 Å². The predicted molar refractivity (Wildman–Crippen MR) is 184 cm³/mol. The van der Waals surface area contributed by atoms with Crippen LogP contribution in [0.3, 0.4) is 0 Å². The van der Waals surface area contributed by atoms with Crippen molar-refractivity contribution in [3.05, 3.63) is 144 Å². The van der Waals surface area contributed by atoms with E-state index in [0.29, 0.717) is 25.8 Å². The van der Waals surface area contributed by atoms with Crippen LogP contribution in [0.25, 0.3) is 10.9 Å². The number of para-hydroxylation sites is 1. The summed E-state index contributed by atoms with van der Waals surface area (Å²) in [6.45, 7) is 3.03. The van der Waals surface area contributed by atoms with Crippen LogP contribution in [0.5, 0.6) is 0 Å². The number of carbonyl (C=O) groups is 2. The standard InChI is InChI=1S/C40H42N4O2/c45-38-37(27-33-28-41-36-21-11-10-20-34(33)36)42-39(46)40(22-25-43(26-23-40)24-12-15-30-13-4-1-5-14-30)44(38)29-35(31-16-6-2-7-17-31)32-18-8-3-9-19-32/h1-11,13-14,16-21,28,35,37,41H,12,15,22-27,29H2,(H,42,46). The van der Waals surface area contributed by atoms with Crippen molar-refractivity contribution in [2.24, 2.45) is 0 Å². The fourth-order valence-electron chi connectivity index (χ4n) is 7.55. The van der Waals surface area contributed by atoms with Crippen molar-refractivity contribution >= 4 is 22.7 Å². The minimum Gasteiger partial charge on any atom is -0.361 e. The number of hydrogen-bond acceptors (Lipinski definition) is 3. The number of aryl methyl sites for hydroxylation is 1. The Balaban J connectivity index is 1.16. The summed E-state index contributed by atoms with van der Waals surface area (Å²) in [5.41, 5.74) is 4.86. The maximum absolute atomic E-state index is 14.7. The fraction of sp³-hybridized carbons (Fsp3) is 0.300. The van der Waals surface area contributed by atoms with Crippen molar-refractivity contribution in [2.75, 3.05) is 26.2 Å². The lowest BCUT2D eigenvalue weighted by Crippen LogP contribution is -2.73. The number of nitrogens with one attached hydrogen (secondary N) is 2. The van der Waals surface area contributed by atoms with Gasteiger partial charge in [-0.3, -0.25) is 9.59 Å². The van der Waals surface area contributed by atoms with Gasteiger partial charge in [-0.2, -0.15) is 0 Å². The summed E-state index contributed by atoms with van der Waals surface area (Å²) in [5.74, 6) is -0.0493. The van der Waals surface area contributed by atoms with Crippen LogP contribution >= 0.6 is 0 Å². The number of hydrogen-bond donors (Lipinski definition) is 2. The zero-order valence-corrected chi connectivity index (χ0v) is 26.3. The lowest BCUT2D eigenvalue weighted by Gasteiger charge is -2.52. The topological polar surface area (TPSA) is 68.4 Å². The summed E-state index contributed by atoms with van der Waals surface area (Å²) >= 11 is 0. The molecule has 46 heavy (non-hydrogen) atoms. The number of nitrogens with zero attached hydrogens (tertiary/aromatic N) is 2. The van der Waals surface area contributed by atoms with Gasteiger partial charge in [-0.15, -0.1) is 0 Å². The molecule has 0 bridgehead atoms. The maximum atomic E-state index is 14.7. The molecule has 2 fully saturated rings. The first-order valence-electron chi connectivity index (χ1n) is 16.6. The van der Waals surface area contributed by atoms with Gasteiger partial charge in [0.1, 0.15) is 11.6 Å². The van der Waals surface area contributed by atoms with Gasteiger partial charge < -0.3 is 20.1 Å². The molecule has 4 aromatic carbocycles. The summed E-state index contributed by atoms with van der Waals surface area (Å²) in [6.07, 6.45) is 5.80. The Kier molecular flexibility index (Phi) is 8.71. The van der Waals surface area contributed by atoms with Crippen LogP contribution in [0, 0.1) is 0 Å². The molecule has 2 aliphatic heterocycles. The van der Waals surface area contributed by atoms with Gasteiger partial charge in [0.2, 0.25) is 11.8 Å². The Morgan fingerprint density at radius 3 is 2.04 bits per heavy atom. The molecule has 3 heterocycles. The first-order chi connectivity index (χ1) is 22.6. The number of rotatable bonds is 10. The van der Waals surface area contributed by atoms with Crippen LogP contribution in [0.1, 0.15) is 47.4 Å². The molecule has 2 amide bonds. The molecule has 0 aliphatic carbocycles. The molecule has 2 saturated heterocycles. The minimum atomic E-state index is -0.870. The van der Waals surface area contributed by atoms with Gasteiger partial charge in [0.25, 0.3) is 0 Å². The number of amides is 2. The molecule has 1 aromatic heterocycles. The van der Waals surface area contributed by atoms with Crippen molar-refractivity contribution in [1.82, 2.24) is 20.1 Å². The Morgan fingerprint density at radius 2 is 1.37 bits per heavy atom. The van der Waals surface area contributed by atoms with Crippen molar-refractivity contribution in [2.45, 2.75) is 49.6 Å². The third-order valence-corrected chi connectivity index (χ3v) is 10.1. The summed E-state index contributed by atoms with van der Waals surface area (Å²) < 4.78 is 0. The molecular weight excluding hydrogens is 568 g/mol. The van der Waals surface area contributed by atoms with Crippen LogP contribution in [0.15, 0.2) is 121 Å². The number of piperazine rings is 1.